The van der Waals surface area contributed by atoms with Gasteiger partial charge in [0.05, 0.1) is 5.56 Å². The molecule has 2 N–H and O–H groups in total. The molecule has 2 aromatic rings. The van der Waals surface area contributed by atoms with Gasteiger partial charge in [-0.25, -0.2) is 0 Å². The SMILES string of the molecule is Cc1cccc(C(=O)NC2CCN(c3ccccc3C(=O)NCCN3CCCC3)CC2)c1. The minimum absolute atomic E-state index is 0.00493. The summed E-state index contributed by atoms with van der Waals surface area (Å²) in [6, 6.07) is 15.7. The zero-order valence-corrected chi connectivity index (χ0v) is 19.0. The van der Waals surface area contributed by atoms with Gasteiger partial charge in [-0.2, -0.15) is 0 Å². The van der Waals surface area contributed by atoms with Gasteiger partial charge < -0.3 is 20.4 Å². The minimum Gasteiger partial charge on any atom is -0.371 e. The summed E-state index contributed by atoms with van der Waals surface area (Å²) >= 11 is 0. The molecule has 0 aromatic heterocycles. The number of carbonyl (C=O) groups is 2. The van der Waals surface area contributed by atoms with E-state index < -0.39 is 0 Å². The molecule has 4 rings (SSSR count). The van der Waals surface area contributed by atoms with E-state index in [1.54, 1.807) is 0 Å². The number of benzene rings is 2. The number of amides is 2. The number of nitrogens with one attached hydrogen (secondary N) is 2. The first-order valence-electron chi connectivity index (χ1n) is 11.8. The number of aryl methyl sites for hydroxylation is 1. The molecule has 2 aliphatic rings. The van der Waals surface area contributed by atoms with E-state index in [4.69, 9.17) is 0 Å². The normalized spacial score (nSPS) is 17.3. The van der Waals surface area contributed by atoms with Gasteiger partial charge >= 0.3 is 0 Å². The smallest absolute Gasteiger partial charge is 0.253 e. The molecule has 0 unspecified atom stereocenters. The van der Waals surface area contributed by atoms with Crippen LogP contribution in [0.25, 0.3) is 0 Å². The molecule has 2 aliphatic heterocycles. The molecule has 2 heterocycles. The van der Waals surface area contributed by atoms with Crippen LogP contribution in [0.3, 0.4) is 0 Å². The van der Waals surface area contributed by atoms with E-state index in [1.165, 1.54) is 12.8 Å². The van der Waals surface area contributed by atoms with Gasteiger partial charge in [0.2, 0.25) is 0 Å². The van der Waals surface area contributed by atoms with Crippen molar-refractivity contribution in [1.29, 1.82) is 0 Å². The highest BCUT2D eigenvalue weighted by Crippen LogP contribution is 2.24. The molecule has 0 atom stereocenters. The van der Waals surface area contributed by atoms with Gasteiger partial charge in [0.1, 0.15) is 0 Å². The Morgan fingerprint density at radius 1 is 0.938 bits per heavy atom. The highest BCUT2D eigenvalue weighted by atomic mass is 16.2. The zero-order valence-electron chi connectivity index (χ0n) is 19.0. The van der Waals surface area contributed by atoms with Crippen molar-refractivity contribution in [3.05, 3.63) is 65.2 Å². The van der Waals surface area contributed by atoms with Crippen molar-refractivity contribution >= 4 is 17.5 Å². The fourth-order valence-corrected chi connectivity index (χ4v) is 4.69. The van der Waals surface area contributed by atoms with Gasteiger partial charge in [0.15, 0.2) is 0 Å². The summed E-state index contributed by atoms with van der Waals surface area (Å²) in [4.78, 5) is 30.1. The quantitative estimate of drug-likeness (QED) is 0.702. The Labute approximate surface area is 191 Å². The topological polar surface area (TPSA) is 64.7 Å². The average molecular weight is 435 g/mol. The van der Waals surface area contributed by atoms with Crippen molar-refractivity contribution in [3.63, 3.8) is 0 Å². The van der Waals surface area contributed by atoms with E-state index in [9.17, 15) is 9.59 Å². The number of hydrogen-bond acceptors (Lipinski definition) is 4. The largest absolute Gasteiger partial charge is 0.371 e. The molecule has 0 saturated carbocycles. The lowest BCUT2D eigenvalue weighted by Crippen LogP contribution is -2.45. The lowest BCUT2D eigenvalue weighted by molar-refractivity contribution is 0.0929. The first-order chi connectivity index (χ1) is 15.6. The molecule has 2 aromatic carbocycles. The van der Waals surface area contributed by atoms with Crippen molar-refractivity contribution in [2.45, 2.75) is 38.6 Å². The third-order valence-electron chi connectivity index (χ3n) is 6.51. The number of piperidine rings is 1. The molecule has 170 valence electrons. The summed E-state index contributed by atoms with van der Waals surface area (Å²) in [6.07, 6.45) is 4.25. The zero-order chi connectivity index (χ0) is 22.3. The summed E-state index contributed by atoms with van der Waals surface area (Å²) in [6.45, 7) is 7.51. The summed E-state index contributed by atoms with van der Waals surface area (Å²) in [7, 11) is 0. The van der Waals surface area contributed by atoms with Crippen molar-refractivity contribution in [2.75, 3.05) is 44.2 Å². The first-order valence-corrected chi connectivity index (χ1v) is 11.8. The van der Waals surface area contributed by atoms with E-state index in [-0.39, 0.29) is 17.9 Å². The van der Waals surface area contributed by atoms with Crippen LogP contribution in [-0.2, 0) is 0 Å². The van der Waals surface area contributed by atoms with E-state index in [0.29, 0.717) is 12.1 Å². The van der Waals surface area contributed by atoms with E-state index >= 15 is 0 Å². The molecule has 32 heavy (non-hydrogen) atoms. The van der Waals surface area contributed by atoms with Gasteiger partial charge in [-0.3, -0.25) is 9.59 Å². The van der Waals surface area contributed by atoms with Crippen LogP contribution < -0.4 is 15.5 Å². The number of carbonyl (C=O) groups excluding carboxylic acids is 2. The number of likely N-dealkylation sites (tertiary alicyclic amines) is 1. The van der Waals surface area contributed by atoms with Crippen LogP contribution in [0.4, 0.5) is 5.69 Å². The Morgan fingerprint density at radius 2 is 1.69 bits per heavy atom. The average Bonchev–Trinajstić information content (AvgIpc) is 3.33. The molecule has 0 spiro atoms. The van der Waals surface area contributed by atoms with E-state index in [0.717, 1.165) is 62.4 Å². The molecule has 6 nitrogen and oxygen atoms in total. The highest BCUT2D eigenvalue weighted by molar-refractivity contribution is 5.99. The fourth-order valence-electron chi connectivity index (χ4n) is 4.69. The fraction of sp³-hybridized carbons (Fsp3) is 0.462. The lowest BCUT2D eigenvalue weighted by Gasteiger charge is -2.35. The lowest BCUT2D eigenvalue weighted by atomic mass is 10.0. The van der Waals surface area contributed by atoms with Crippen molar-refractivity contribution in [2.24, 2.45) is 0 Å². The Hall–Kier alpha value is -2.86. The van der Waals surface area contributed by atoms with Crippen molar-refractivity contribution in [1.82, 2.24) is 15.5 Å². The number of rotatable bonds is 7. The Balaban J connectivity index is 1.30. The number of para-hydroxylation sites is 1. The first kappa shape index (κ1) is 22.3. The third-order valence-corrected chi connectivity index (χ3v) is 6.51. The molecule has 0 radical (unpaired) electrons. The second kappa shape index (κ2) is 10.6. The second-order valence-electron chi connectivity index (χ2n) is 8.93. The minimum atomic E-state index is -0.00932. The molecule has 0 bridgehead atoms. The number of nitrogens with zero attached hydrogens (tertiary/aromatic N) is 2. The van der Waals surface area contributed by atoms with Crippen LogP contribution in [-0.4, -0.2) is 62.0 Å². The Bertz CT molecular complexity index is 931. The molecular formula is C26H34N4O2. The Kier molecular flexibility index (Phi) is 7.43. The number of anilines is 1. The van der Waals surface area contributed by atoms with Gasteiger partial charge in [-0.05, 0) is 70.0 Å². The van der Waals surface area contributed by atoms with Gasteiger partial charge in [-0.15, -0.1) is 0 Å². The molecule has 0 aliphatic carbocycles. The van der Waals surface area contributed by atoms with Crippen LogP contribution in [0.5, 0.6) is 0 Å². The van der Waals surface area contributed by atoms with Crippen molar-refractivity contribution < 1.29 is 9.59 Å². The molecule has 6 heteroatoms. The van der Waals surface area contributed by atoms with Gasteiger partial charge in [-0.1, -0.05) is 29.8 Å². The van der Waals surface area contributed by atoms with Crippen LogP contribution >= 0.6 is 0 Å². The molecule has 2 saturated heterocycles. The summed E-state index contributed by atoms with van der Waals surface area (Å²) in [5.74, 6) is -0.0143. The predicted octanol–water partition coefficient (Wildman–Crippen LogP) is 3.22. The second-order valence-corrected chi connectivity index (χ2v) is 8.93. The van der Waals surface area contributed by atoms with Crippen LogP contribution in [0.15, 0.2) is 48.5 Å². The summed E-state index contributed by atoms with van der Waals surface area (Å²) in [5, 5.41) is 6.28. The van der Waals surface area contributed by atoms with Gasteiger partial charge in [0, 0.05) is 43.5 Å². The van der Waals surface area contributed by atoms with Crippen molar-refractivity contribution in [3.8, 4) is 0 Å². The standard InChI is InChI=1S/C26H34N4O2/c1-20-7-6-8-21(19-20)25(31)28-22-11-16-30(17-12-22)24-10-3-2-9-23(24)26(32)27-13-18-29-14-4-5-15-29/h2-3,6-10,19,22H,4-5,11-18H2,1H3,(H,27,32)(H,28,31). The van der Waals surface area contributed by atoms with E-state index in [2.05, 4.69) is 20.4 Å². The maximum atomic E-state index is 12.9. The van der Waals surface area contributed by atoms with Crippen LogP contribution in [0.2, 0.25) is 0 Å². The monoisotopic (exact) mass is 434 g/mol. The highest BCUT2D eigenvalue weighted by Gasteiger charge is 2.24. The Morgan fingerprint density at radius 3 is 2.44 bits per heavy atom. The molecule has 2 fully saturated rings. The van der Waals surface area contributed by atoms with E-state index in [1.807, 2.05) is 55.5 Å². The maximum absolute atomic E-state index is 12.9. The third kappa shape index (κ3) is 5.68. The summed E-state index contributed by atoms with van der Waals surface area (Å²) in [5.41, 5.74) is 3.51. The molecular weight excluding hydrogens is 400 g/mol. The summed E-state index contributed by atoms with van der Waals surface area (Å²) < 4.78 is 0. The van der Waals surface area contributed by atoms with Crippen LogP contribution in [0, 0.1) is 6.92 Å². The maximum Gasteiger partial charge on any atom is 0.253 e. The number of hydrogen-bond donors (Lipinski definition) is 2. The van der Waals surface area contributed by atoms with Crippen LogP contribution in [0.1, 0.15) is 52.0 Å². The molecule has 2 amide bonds. The van der Waals surface area contributed by atoms with Gasteiger partial charge in [0.25, 0.3) is 11.8 Å². The predicted molar refractivity (Wildman–Crippen MR) is 128 cm³/mol.